The van der Waals surface area contributed by atoms with Crippen molar-refractivity contribution in [3.8, 4) is 0 Å². The second kappa shape index (κ2) is 7.49. The molecule has 1 aliphatic heterocycles. The zero-order chi connectivity index (χ0) is 20.6. The van der Waals surface area contributed by atoms with Crippen molar-refractivity contribution in [3.63, 3.8) is 0 Å². The highest BCUT2D eigenvalue weighted by atomic mass is 32.2. The Morgan fingerprint density at radius 3 is 2.62 bits per heavy atom. The molecule has 1 aromatic heterocycles. The van der Waals surface area contributed by atoms with Gasteiger partial charge in [0.25, 0.3) is 15.9 Å². The number of hydrogen-bond acceptors (Lipinski definition) is 6. The van der Waals surface area contributed by atoms with Gasteiger partial charge in [-0.05, 0) is 39.9 Å². The highest BCUT2D eigenvalue weighted by molar-refractivity contribution is 7.93. The Morgan fingerprint density at radius 2 is 1.90 bits per heavy atom. The van der Waals surface area contributed by atoms with Crippen molar-refractivity contribution in [1.82, 2.24) is 4.90 Å². The summed E-state index contributed by atoms with van der Waals surface area (Å²) in [5.41, 5.74) is 1.43. The highest BCUT2D eigenvalue weighted by Crippen LogP contribution is 2.41. The maximum atomic E-state index is 12.9. The third-order valence-corrected chi connectivity index (χ3v) is 7.27. The molecule has 1 aliphatic rings. The van der Waals surface area contributed by atoms with E-state index in [0.29, 0.717) is 17.6 Å². The first-order valence-corrected chi connectivity index (χ1v) is 11.2. The number of rotatable bonds is 6. The van der Waals surface area contributed by atoms with E-state index in [2.05, 4.69) is 0 Å². The van der Waals surface area contributed by atoms with Crippen LogP contribution in [0.25, 0.3) is 10.8 Å². The predicted octanol–water partition coefficient (Wildman–Crippen LogP) is 2.61. The summed E-state index contributed by atoms with van der Waals surface area (Å²) < 4.78 is 31.8. The van der Waals surface area contributed by atoms with Crippen LogP contribution < -0.4 is 4.31 Å². The van der Waals surface area contributed by atoms with Crippen LogP contribution in [0.1, 0.15) is 5.56 Å². The molecule has 1 amide bonds. The van der Waals surface area contributed by atoms with Gasteiger partial charge in [0.2, 0.25) is 0 Å². The van der Waals surface area contributed by atoms with E-state index in [1.54, 1.807) is 25.2 Å². The standard InChI is InChI=1S/C20H18N2O5S2/c1-21(10-14-8-9-28-13-14)18(23)12-27-19(24)11-22-16-6-2-4-15-5-3-7-17(20(15)16)29(22,25)26/h2-9,13H,10-12H2,1H3. The number of carbonyl (C=O) groups is 2. The summed E-state index contributed by atoms with van der Waals surface area (Å²) in [6, 6.07) is 12.1. The topological polar surface area (TPSA) is 84.0 Å². The molecule has 4 rings (SSSR count). The molecule has 2 heterocycles. The number of thiophene rings is 1. The van der Waals surface area contributed by atoms with E-state index in [-0.39, 0.29) is 10.8 Å². The highest BCUT2D eigenvalue weighted by Gasteiger charge is 2.37. The molecule has 0 bridgehead atoms. The van der Waals surface area contributed by atoms with Gasteiger partial charge in [0.05, 0.1) is 10.6 Å². The zero-order valence-corrected chi connectivity index (χ0v) is 17.2. The van der Waals surface area contributed by atoms with Crippen LogP contribution in [0.2, 0.25) is 0 Å². The molecule has 2 aromatic carbocycles. The Labute approximate surface area is 172 Å². The molecule has 150 valence electrons. The first kappa shape index (κ1) is 19.4. The summed E-state index contributed by atoms with van der Waals surface area (Å²) in [4.78, 5) is 26.1. The number of hydrogen-bond donors (Lipinski definition) is 0. The van der Waals surface area contributed by atoms with Crippen LogP contribution in [0.3, 0.4) is 0 Å². The van der Waals surface area contributed by atoms with Crippen molar-refractivity contribution in [1.29, 1.82) is 0 Å². The molecule has 0 spiro atoms. The number of carbonyl (C=O) groups excluding carboxylic acids is 2. The average molecular weight is 431 g/mol. The fourth-order valence-corrected chi connectivity index (χ4v) is 5.60. The fourth-order valence-electron chi connectivity index (χ4n) is 3.29. The summed E-state index contributed by atoms with van der Waals surface area (Å²) in [6.07, 6.45) is 0. The van der Waals surface area contributed by atoms with Gasteiger partial charge in [-0.3, -0.25) is 13.9 Å². The number of sulfonamides is 1. The first-order valence-electron chi connectivity index (χ1n) is 8.83. The van der Waals surface area contributed by atoms with Crippen molar-refractivity contribution in [2.75, 3.05) is 24.5 Å². The Morgan fingerprint density at radius 1 is 1.14 bits per heavy atom. The lowest BCUT2D eigenvalue weighted by Crippen LogP contribution is -2.36. The second-order valence-corrected chi connectivity index (χ2v) is 9.30. The molecule has 9 heteroatoms. The fraction of sp³-hybridized carbons (Fsp3) is 0.200. The summed E-state index contributed by atoms with van der Waals surface area (Å²) in [6.45, 7) is -0.514. The summed E-state index contributed by atoms with van der Waals surface area (Å²) in [7, 11) is -2.22. The van der Waals surface area contributed by atoms with Crippen molar-refractivity contribution in [2.45, 2.75) is 11.4 Å². The van der Waals surface area contributed by atoms with Gasteiger partial charge in [0.1, 0.15) is 6.54 Å². The van der Waals surface area contributed by atoms with Crippen LogP contribution in [-0.2, 0) is 30.9 Å². The van der Waals surface area contributed by atoms with Crippen molar-refractivity contribution in [3.05, 3.63) is 58.8 Å². The van der Waals surface area contributed by atoms with Crippen LogP contribution in [0.4, 0.5) is 5.69 Å². The van der Waals surface area contributed by atoms with Crippen LogP contribution in [0, 0.1) is 0 Å². The molecule has 3 aromatic rings. The lowest BCUT2D eigenvalue weighted by Gasteiger charge is -2.19. The minimum atomic E-state index is -3.84. The maximum absolute atomic E-state index is 12.9. The number of anilines is 1. The maximum Gasteiger partial charge on any atom is 0.327 e. The first-order chi connectivity index (χ1) is 13.9. The lowest BCUT2D eigenvalue weighted by atomic mass is 10.1. The molecule has 7 nitrogen and oxygen atoms in total. The van der Waals surface area contributed by atoms with E-state index in [9.17, 15) is 18.0 Å². The normalized spacial score (nSPS) is 14.2. The number of benzene rings is 2. The van der Waals surface area contributed by atoms with Crippen LogP contribution in [0.15, 0.2) is 58.1 Å². The Hall–Kier alpha value is -2.91. The van der Waals surface area contributed by atoms with E-state index in [1.165, 1.54) is 22.3 Å². The van der Waals surface area contributed by atoms with Crippen LogP contribution >= 0.6 is 11.3 Å². The molecule has 0 radical (unpaired) electrons. The number of ether oxygens (including phenoxy) is 1. The molecule has 0 N–H and O–H groups in total. The quantitative estimate of drug-likeness (QED) is 0.562. The molecule has 0 saturated carbocycles. The van der Waals surface area contributed by atoms with Crippen molar-refractivity contribution < 1.29 is 22.7 Å². The van der Waals surface area contributed by atoms with Gasteiger partial charge in [-0.2, -0.15) is 11.3 Å². The molecule has 29 heavy (non-hydrogen) atoms. The monoisotopic (exact) mass is 430 g/mol. The van der Waals surface area contributed by atoms with E-state index in [1.807, 2.05) is 29.0 Å². The Kier molecular flexibility index (Phi) is 5.01. The Balaban J connectivity index is 1.43. The minimum absolute atomic E-state index is 0.171. The minimum Gasteiger partial charge on any atom is -0.454 e. The van der Waals surface area contributed by atoms with Gasteiger partial charge in [0.15, 0.2) is 6.61 Å². The van der Waals surface area contributed by atoms with E-state index in [4.69, 9.17) is 4.74 Å². The molecule has 0 fully saturated rings. The van der Waals surface area contributed by atoms with Gasteiger partial charge < -0.3 is 9.64 Å². The van der Waals surface area contributed by atoms with Crippen molar-refractivity contribution in [2.24, 2.45) is 0 Å². The SMILES string of the molecule is CN(Cc1ccsc1)C(=O)COC(=O)CN1c2cccc3cccc(c23)S1(=O)=O. The molecular formula is C20H18N2O5S2. The predicted molar refractivity (Wildman–Crippen MR) is 110 cm³/mol. The molecular weight excluding hydrogens is 412 g/mol. The van der Waals surface area contributed by atoms with Gasteiger partial charge in [0, 0.05) is 19.0 Å². The molecule has 0 aliphatic carbocycles. The number of esters is 1. The summed E-state index contributed by atoms with van der Waals surface area (Å²) >= 11 is 1.54. The summed E-state index contributed by atoms with van der Waals surface area (Å²) in [5, 5.41) is 5.23. The average Bonchev–Trinajstić information content (AvgIpc) is 3.28. The third kappa shape index (κ3) is 3.58. The number of nitrogens with zero attached hydrogens (tertiary/aromatic N) is 2. The third-order valence-electron chi connectivity index (χ3n) is 4.74. The van der Waals surface area contributed by atoms with Gasteiger partial charge in [-0.15, -0.1) is 0 Å². The van der Waals surface area contributed by atoms with E-state index < -0.39 is 29.1 Å². The zero-order valence-electron chi connectivity index (χ0n) is 15.6. The van der Waals surface area contributed by atoms with Crippen LogP contribution in [0.5, 0.6) is 0 Å². The number of amides is 1. The molecule has 0 atom stereocenters. The Bertz CT molecular complexity index is 1180. The molecule has 0 saturated heterocycles. The van der Waals surface area contributed by atoms with E-state index >= 15 is 0 Å². The number of likely N-dealkylation sites (N-methyl/N-ethyl adjacent to an activating group) is 1. The van der Waals surface area contributed by atoms with Gasteiger partial charge >= 0.3 is 5.97 Å². The van der Waals surface area contributed by atoms with Crippen molar-refractivity contribution >= 4 is 49.7 Å². The largest absolute Gasteiger partial charge is 0.454 e. The van der Waals surface area contributed by atoms with Gasteiger partial charge in [-0.25, -0.2) is 8.42 Å². The second-order valence-electron chi connectivity index (χ2n) is 6.69. The summed E-state index contributed by atoms with van der Waals surface area (Å²) in [5.74, 6) is -1.14. The molecule has 0 unspecified atom stereocenters. The lowest BCUT2D eigenvalue weighted by molar-refractivity contribution is -0.150. The van der Waals surface area contributed by atoms with Crippen LogP contribution in [-0.4, -0.2) is 45.4 Å². The van der Waals surface area contributed by atoms with Gasteiger partial charge in [-0.1, -0.05) is 24.3 Å². The smallest absolute Gasteiger partial charge is 0.327 e. The van der Waals surface area contributed by atoms with E-state index in [0.717, 1.165) is 15.3 Å².